The molecule has 122 valence electrons. The molecule has 0 amide bonds. The van der Waals surface area contributed by atoms with Crippen LogP contribution in [0.15, 0.2) is 0 Å². The molecule has 0 aliphatic carbocycles. The molecule has 6 nitrogen and oxygen atoms in total. The third kappa shape index (κ3) is 14.2. The number of esters is 1. The normalized spacial score (nSPS) is 10.2. The van der Waals surface area contributed by atoms with Crippen molar-refractivity contribution in [3.05, 3.63) is 0 Å². The van der Waals surface area contributed by atoms with Crippen LogP contribution in [0.5, 0.6) is 0 Å². The summed E-state index contributed by atoms with van der Waals surface area (Å²) in [6, 6.07) is 0. The Morgan fingerprint density at radius 1 is 0.905 bits per heavy atom. The average Bonchev–Trinajstić information content (AvgIpc) is 2.27. The topological polar surface area (TPSA) is 78.9 Å². The Labute approximate surface area is 136 Å². The molecular formula is C14H26O6Ti. The fourth-order valence-electron chi connectivity index (χ4n) is 1.06. The summed E-state index contributed by atoms with van der Waals surface area (Å²) in [6.07, 6.45) is 0.646. The Morgan fingerprint density at radius 3 is 1.52 bits per heavy atom. The summed E-state index contributed by atoms with van der Waals surface area (Å²) in [6.45, 7) is 12.3. The van der Waals surface area contributed by atoms with Gasteiger partial charge in [-0.3, -0.25) is 14.4 Å². The van der Waals surface area contributed by atoms with Gasteiger partial charge >= 0.3 is 72.4 Å². The molecule has 0 saturated carbocycles. The summed E-state index contributed by atoms with van der Waals surface area (Å²) < 4.78 is 15.1. The predicted octanol–water partition coefficient (Wildman–Crippen LogP) is 2.09. The number of ether oxygens (including phenoxy) is 1. The standard InChI is InChI=1S/C8H12O4.2C3H7O.Ti/c1-4-12-8(11)7(5(2)9)6(3)10;2*1-3(2)4;/h7H,4H2,1-3H3;2*3H,1-2H3;/q;2*-1;+2. The minimum atomic E-state index is -1.23. The number of Topliss-reactive ketones (excluding diaryl/α,β-unsaturated/α-hetero) is 2. The molecule has 0 N–H and O–H groups in total. The zero-order valence-corrected chi connectivity index (χ0v) is 15.5. The first-order valence-corrected chi connectivity index (χ1v) is 8.14. The molecule has 0 aliphatic heterocycles. The van der Waals surface area contributed by atoms with Crippen molar-refractivity contribution in [2.75, 3.05) is 6.61 Å². The second kappa shape index (κ2) is 13.1. The van der Waals surface area contributed by atoms with Crippen LogP contribution in [0.1, 0.15) is 48.5 Å². The fraction of sp³-hybridized carbons (Fsp3) is 0.786. The van der Waals surface area contributed by atoms with Crippen LogP contribution in [-0.2, 0) is 45.7 Å². The van der Waals surface area contributed by atoms with Gasteiger partial charge in [-0.1, -0.05) is 0 Å². The van der Waals surface area contributed by atoms with E-state index in [-0.39, 0.29) is 6.61 Å². The molecule has 0 atom stereocenters. The zero-order chi connectivity index (χ0) is 17.0. The summed E-state index contributed by atoms with van der Waals surface area (Å²) >= 11 is -0.574. The van der Waals surface area contributed by atoms with Crippen molar-refractivity contribution in [1.29, 1.82) is 0 Å². The summed E-state index contributed by atoms with van der Waals surface area (Å²) in [5.41, 5.74) is 0. The van der Waals surface area contributed by atoms with E-state index in [0.717, 1.165) is 0 Å². The number of ketones is 2. The van der Waals surface area contributed by atoms with Gasteiger partial charge in [0.2, 0.25) is 0 Å². The molecule has 0 spiro atoms. The molecule has 0 unspecified atom stereocenters. The molecule has 0 aromatic rings. The van der Waals surface area contributed by atoms with E-state index in [1.807, 2.05) is 27.7 Å². The van der Waals surface area contributed by atoms with Crippen molar-refractivity contribution in [2.45, 2.75) is 60.7 Å². The Hall–Kier alpha value is -0.556. The van der Waals surface area contributed by atoms with E-state index in [4.69, 9.17) is 6.64 Å². The minimum Gasteiger partial charge on any atom is -0.465 e. The first-order chi connectivity index (χ1) is 9.63. The molecule has 21 heavy (non-hydrogen) atoms. The van der Waals surface area contributed by atoms with Crippen molar-refractivity contribution < 1.29 is 45.7 Å². The Kier molecular flexibility index (Phi) is 14.2. The van der Waals surface area contributed by atoms with E-state index in [9.17, 15) is 14.4 Å². The number of hydrogen-bond donors (Lipinski definition) is 0. The van der Waals surface area contributed by atoms with Crippen LogP contribution in [0, 0.1) is 5.92 Å². The second-order valence-corrected chi connectivity index (χ2v) is 5.82. The van der Waals surface area contributed by atoms with Crippen LogP contribution in [0.25, 0.3) is 0 Å². The molecule has 0 heterocycles. The fourth-order valence-corrected chi connectivity index (χ4v) is 1.75. The minimum absolute atomic E-state index is 0.176. The van der Waals surface area contributed by atoms with Gasteiger partial charge < -0.3 is 4.74 Å². The summed E-state index contributed by atoms with van der Waals surface area (Å²) in [4.78, 5) is 32.5. The summed E-state index contributed by atoms with van der Waals surface area (Å²) in [7, 11) is 0. The van der Waals surface area contributed by atoms with Gasteiger partial charge in [0, 0.05) is 0 Å². The molecule has 7 heteroatoms. The van der Waals surface area contributed by atoms with Crippen LogP contribution >= 0.6 is 0 Å². The average molecular weight is 338 g/mol. The number of hydrogen-bond acceptors (Lipinski definition) is 6. The third-order valence-electron chi connectivity index (χ3n) is 1.90. The van der Waals surface area contributed by atoms with E-state index in [0.29, 0.717) is 12.2 Å². The van der Waals surface area contributed by atoms with Crippen molar-refractivity contribution in [2.24, 2.45) is 5.92 Å². The zero-order valence-electron chi connectivity index (χ0n) is 13.9. The number of rotatable bonds is 8. The van der Waals surface area contributed by atoms with Crippen molar-refractivity contribution in [3.63, 3.8) is 0 Å². The van der Waals surface area contributed by atoms with Gasteiger partial charge in [-0.2, -0.15) is 0 Å². The molecule has 0 fully saturated rings. The molecule has 0 radical (unpaired) electrons. The van der Waals surface area contributed by atoms with E-state index >= 15 is 0 Å². The predicted molar refractivity (Wildman–Crippen MR) is 73.9 cm³/mol. The summed E-state index contributed by atoms with van der Waals surface area (Å²) in [5.74, 6) is -2.93. The maximum atomic E-state index is 11.0. The molecule has 0 rings (SSSR count). The SMILES string of the molecule is CC(C)[O][Ti][O]C(C)C.CCOC(=O)C(C(C)=O)C(C)=O. The second-order valence-electron chi connectivity index (χ2n) is 4.82. The number of carbonyl (C=O) groups excluding carboxylic acids is 3. The smallest absolute Gasteiger partial charge is 0.324 e. The van der Waals surface area contributed by atoms with Crippen LogP contribution in [0.2, 0.25) is 0 Å². The molecule has 0 aromatic heterocycles. The van der Waals surface area contributed by atoms with E-state index < -0.39 is 43.4 Å². The van der Waals surface area contributed by atoms with Gasteiger partial charge in [-0.15, -0.1) is 0 Å². The first kappa shape index (κ1) is 22.7. The van der Waals surface area contributed by atoms with E-state index in [1.54, 1.807) is 6.92 Å². The van der Waals surface area contributed by atoms with Crippen LogP contribution in [0.4, 0.5) is 0 Å². The Balaban J connectivity index is 0. The van der Waals surface area contributed by atoms with Crippen LogP contribution < -0.4 is 0 Å². The van der Waals surface area contributed by atoms with Gasteiger partial charge in [0.05, 0.1) is 6.61 Å². The number of carbonyl (C=O) groups is 3. The Morgan fingerprint density at radius 2 is 1.29 bits per heavy atom. The van der Waals surface area contributed by atoms with Gasteiger partial charge in [0.15, 0.2) is 17.5 Å². The van der Waals surface area contributed by atoms with Gasteiger partial charge in [0.1, 0.15) is 0 Å². The summed E-state index contributed by atoms with van der Waals surface area (Å²) in [5, 5.41) is 0. The van der Waals surface area contributed by atoms with Gasteiger partial charge in [-0.25, -0.2) is 0 Å². The molecule has 0 aromatic carbocycles. The Bertz CT molecular complexity index is 305. The van der Waals surface area contributed by atoms with Gasteiger partial charge in [-0.05, 0) is 20.8 Å². The van der Waals surface area contributed by atoms with E-state index in [2.05, 4.69) is 4.74 Å². The van der Waals surface area contributed by atoms with E-state index in [1.165, 1.54) is 13.8 Å². The molecular weight excluding hydrogens is 312 g/mol. The molecule has 0 bridgehead atoms. The maximum absolute atomic E-state index is 11.0. The first-order valence-electron chi connectivity index (χ1n) is 6.87. The van der Waals surface area contributed by atoms with Crippen molar-refractivity contribution >= 4 is 17.5 Å². The quantitative estimate of drug-likeness (QED) is 0.383. The third-order valence-corrected chi connectivity index (χ3v) is 3.68. The maximum Gasteiger partial charge on any atom is 0.324 e. The van der Waals surface area contributed by atoms with Crippen molar-refractivity contribution in [3.8, 4) is 0 Å². The molecule has 0 aliphatic rings. The van der Waals surface area contributed by atoms with Crippen LogP contribution in [0.3, 0.4) is 0 Å². The van der Waals surface area contributed by atoms with Crippen LogP contribution in [-0.4, -0.2) is 36.4 Å². The van der Waals surface area contributed by atoms with Crippen molar-refractivity contribution in [1.82, 2.24) is 0 Å². The van der Waals surface area contributed by atoms with Gasteiger partial charge in [0.25, 0.3) is 0 Å². The monoisotopic (exact) mass is 338 g/mol. The molecule has 0 saturated heterocycles. The largest absolute Gasteiger partial charge is 0.465 e.